The average molecular weight is 404 g/mol. The second-order valence-corrected chi connectivity index (χ2v) is 7.61. The van der Waals surface area contributed by atoms with Gasteiger partial charge in [0.2, 0.25) is 0 Å². The molecule has 0 bridgehead atoms. The number of rotatable bonds is 8. The Hall–Kier alpha value is -2.95. The maximum Gasteiger partial charge on any atom is 0.169 e. The van der Waals surface area contributed by atoms with Crippen molar-refractivity contribution in [3.8, 4) is 35.2 Å². The van der Waals surface area contributed by atoms with Crippen LogP contribution in [0.25, 0.3) is 10.2 Å². The van der Waals surface area contributed by atoms with Crippen LogP contribution in [0.15, 0.2) is 42.5 Å². The average Bonchev–Trinajstić information content (AvgIpc) is 3.16. The van der Waals surface area contributed by atoms with Gasteiger partial charge in [0.1, 0.15) is 11.5 Å². The van der Waals surface area contributed by atoms with Gasteiger partial charge in [0, 0.05) is 5.56 Å². The second-order valence-electron chi connectivity index (χ2n) is 6.58. The van der Waals surface area contributed by atoms with Gasteiger partial charge in [-0.1, -0.05) is 32.6 Å². The van der Waals surface area contributed by atoms with E-state index < -0.39 is 0 Å². The summed E-state index contributed by atoms with van der Waals surface area (Å²) in [5.41, 5.74) is 1.85. The standard InChI is InChI=1S/C25H25NO2S/c1-3-5-8-18-28-22-15-16-23-24(19-22)29-25(26-23)10-7-6-9-20-11-13-21(14-12-20)27-17-4-2/h11-16,19H,3-5,8,17-18H2,1-2H3. The highest BCUT2D eigenvalue weighted by Crippen LogP contribution is 2.26. The quantitative estimate of drug-likeness (QED) is 0.338. The normalized spacial score (nSPS) is 10.0. The van der Waals surface area contributed by atoms with Crippen molar-refractivity contribution in [3.63, 3.8) is 0 Å². The SMILES string of the molecule is CCCCCOc1ccc2nc(C#CC#Cc3ccc(OCCC)cc3)sc2c1. The van der Waals surface area contributed by atoms with Crippen LogP contribution in [-0.4, -0.2) is 18.2 Å². The highest BCUT2D eigenvalue weighted by molar-refractivity contribution is 7.19. The first-order valence-corrected chi connectivity index (χ1v) is 10.9. The molecule has 0 spiro atoms. The summed E-state index contributed by atoms with van der Waals surface area (Å²) in [6.07, 6.45) is 4.47. The zero-order valence-electron chi connectivity index (χ0n) is 17.0. The molecule has 4 heteroatoms. The maximum atomic E-state index is 5.81. The summed E-state index contributed by atoms with van der Waals surface area (Å²) in [5, 5.41) is 0.765. The van der Waals surface area contributed by atoms with Crippen molar-refractivity contribution in [1.29, 1.82) is 0 Å². The molecule has 0 aliphatic carbocycles. The molecule has 0 aliphatic heterocycles. The van der Waals surface area contributed by atoms with Crippen molar-refractivity contribution in [1.82, 2.24) is 4.98 Å². The molecule has 2 aromatic carbocycles. The molecule has 0 unspecified atom stereocenters. The van der Waals surface area contributed by atoms with Gasteiger partial charge in [-0.25, -0.2) is 4.98 Å². The van der Waals surface area contributed by atoms with Crippen molar-refractivity contribution >= 4 is 21.6 Å². The van der Waals surface area contributed by atoms with E-state index in [-0.39, 0.29) is 0 Å². The van der Waals surface area contributed by atoms with Crippen molar-refractivity contribution in [2.45, 2.75) is 39.5 Å². The van der Waals surface area contributed by atoms with E-state index in [1.165, 1.54) is 12.8 Å². The molecule has 0 atom stereocenters. The highest BCUT2D eigenvalue weighted by atomic mass is 32.1. The maximum absolute atomic E-state index is 5.81. The lowest BCUT2D eigenvalue weighted by Gasteiger charge is -2.04. The van der Waals surface area contributed by atoms with Crippen LogP contribution in [0.3, 0.4) is 0 Å². The Labute approximate surface area is 177 Å². The minimum absolute atomic E-state index is 0.727. The number of aromatic nitrogens is 1. The van der Waals surface area contributed by atoms with Crippen molar-refractivity contribution in [3.05, 3.63) is 53.0 Å². The van der Waals surface area contributed by atoms with E-state index in [4.69, 9.17) is 9.47 Å². The molecular weight excluding hydrogens is 378 g/mol. The molecule has 0 amide bonds. The molecule has 0 fully saturated rings. The third-order valence-corrected chi connectivity index (χ3v) is 5.08. The highest BCUT2D eigenvalue weighted by Gasteiger charge is 2.03. The van der Waals surface area contributed by atoms with Crippen LogP contribution >= 0.6 is 11.3 Å². The Morgan fingerprint density at radius 1 is 0.828 bits per heavy atom. The van der Waals surface area contributed by atoms with Crippen LogP contribution in [-0.2, 0) is 0 Å². The molecule has 1 heterocycles. The van der Waals surface area contributed by atoms with Gasteiger partial charge in [-0.3, -0.25) is 0 Å². The molecule has 0 aliphatic rings. The molecule has 3 nitrogen and oxygen atoms in total. The third-order valence-electron chi connectivity index (χ3n) is 4.14. The summed E-state index contributed by atoms with van der Waals surface area (Å²) in [7, 11) is 0. The van der Waals surface area contributed by atoms with Gasteiger partial charge in [-0.15, -0.1) is 11.3 Å². The van der Waals surface area contributed by atoms with Crippen LogP contribution in [0.4, 0.5) is 0 Å². The number of hydrogen-bond donors (Lipinski definition) is 0. The van der Waals surface area contributed by atoms with Gasteiger partial charge in [0.15, 0.2) is 5.01 Å². The van der Waals surface area contributed by atoms with Crippen molar-refractivity contribution in [2.24, 2.45) is 0 Å². The number of hydrogen-bond acceptors (Lipinski definition) is 4. The van der Waals surface area contributed by atoms with E-state index in [0.29, 0.717) is 0 Å². The number of benzene rings is 2. The summed E-state index contributed by atoms with van der Waals surface area (Å²) in [6, 6.07) is 13.8. The van der Waals surface area contributed by atoms with Crippen LogP contribution < -0.4 is 9.47 Å². The zero-order chi connectivity index (χ0) is 20.3. The fourth-order valence-corrected chi connectivity index (χ4v) is 3.48. The minimum atomic E-state index is 0.727. The van der Waals surface area contributed by atoms with E-state index in [1.807, 2.05) is 42.5 Å². The summed E-state index contributed by atoms with van der Waals surface area (Å²) in [4.78, 5) is 4.55. The predicted molar refractivity (Wildman–Crippen MR) is 121 cm³/mol. The number of thiazole rings is 1. The molecule has 29 heavy (non-hydrogen) atoms. The van der Waals surface area contributed by atoms with Gasteiger partial charge in [0.25, 0.3) is 0 Å². The van der Waals surface area contributed by atoms with E-state index in [2.05, 4.69) is 42.5 Å². The number of unbranched alkanes of at least 4 members (excludes halogenated alkanes) is 2. The Morgan fingerprint density at radius 3 is 2.38 bits per heavy atom. The largest absolute Gasteiger partial charge is 0.494 e. The molecule has 3 aromatic rings. The summed E-state index contributed by atoms with van der Waals surface area (Å²) < 4.78 is 12.5. The van der Waals surface area contributed by atoms with Gasteiger partial charge >= 0.3 is 0 Å². The van der Waals surface area contributed by atoms with Crippen molar-refractivity contribution < 1.29 is 9.47 Å². The van der Waals surface area contributed by atoms with Gasteiger partial charge in [-0.2, -0.15) is 0 Å². The number of fused-ring (bicyclic) bond motifs is 1. The van der Waals surface area contributed by atoms with E-state index in [9.17, 15) is 0 Å². The third kappa shape index (κ3) is 6.56. The molecule has 3 rings (SSSR count). The molecule has 148 valence electrons. The summed E-state index contributed by atoms with van der Waals surface area (Å²) >= 11 is 1.56. The fraction of sp³-hybridized carbons (Fsp3) is 0.320. The Balaban J connectivity index is 1.61. The Kier molecular flexibility index (Phi) is 7.99. The fourth-order valence-electron chi connectivity index (χ4n) is 2.63. The van der Waals surface area contributed by atoms with Crippen LogP contribution in [0.1, 0.15) is 50.1 Å². The van der Waals surface area contributed by atoms with Gasteiger partial charge in [0.05, 0.1) is 23.4 Å². The van der Waals surface area contributed by atoms with Gasteiger partial charge < -0.3 is 9.47 Å². The first-order chi connectivity index (χ1) is 14.3. The van der Waals surface area contributed by atoms with Crippen LogP contribution in [0.2, 0.25) is 0 Å². The minimum Gasteiger partial charge on any atom is -0.494 e. The van der Waals surface area contributed by atoms with Crippen molar-refractivity contribution in [2.75, 3.05) is 13.2 Å². The molecule has 1 aromatic heterocycles. The summed E-state index contributed by atoms with van der Waals surface area (Å²) in [6.45, 7) is 5.76. The second kappa shape index (κ2) is 11.1. The lowest BCUT2D eigenvalue weighted by molar-refractivity contribution is 0.306. The van der Waals surface area contributed by atoms with E-state index >= 15 is 0 Å². The Bertz CT molecular complexity index is 1050. The lowest BCUT2D eigenvalue weighted by Crippen LogP contribution is -1.96. The molecule has 0 saturated carbocycles. The molecule has 0 saturated heterocycles. The molecule has 0 N–H and O–H groups in total. The van der Waals surface area contributed by atoms with E-state index in [1.54, 1.807) is 11.3 Å². The molecule has 0 radical (unpaired) electrons. The first-order valence-electron chi connectivity index (χ1n) is 10.1. The lowest BCUT2D eigenvalue weighted by atomic mass is 10.2. The topological polar surface area (TPSA) is 31.4 Å². The predicted octanol–water partition coefficient (Wildman–Crippen LogP) is 6.06. The van der Waals surface area contributed by atoms with E-state index in [0.717, 1.165) is 58.3 Å². The first kappa shape index (κ1) is 20.8. The van der Waals surface area contributed by atoms with Gasteiger partial charge in [-0.05, 0) is 73.1 Å². The summed E-state index contributed by atoms with van der Waals surface area (Å²) in [5.74, 6) is 13.6. The number of ether oxygens (including phenoxy) is 2. The zero-order valence-corrected chi connectivity index (χ0v) is 17.8. The van der Waals surface area contributed by atoms with Crippen LogP contribution in [0.5, 0.6) is 11.5 Å². The molecular formula is C25H25NO2S. The van der Waals surface area contributed by atoms with Crippen LogP contribution in [0, 0.1) is 23.7 Å². The Morgan fingerprint density at radius 2 is 1.59 bits per heavy atom. The smallest absolute Gasteiger partial charge is 0.169 e. The number of nitrogens with zero attached hydrogens (tertiary/aromatic N) is 1. The monoisotopic (exact) mass is 403 g/mol.